The van der Waals surface area contributed by atoms with Crippen molar-refractivity contribution in [1.82, 2.24) is 15.4 Å². The maximum absolute atomic E-state index is 12.2. The van der Waals surface area contributed by atoms with Crippen LogP contribution in [0.2, 0.25) is 0 Å². The first-order valence-electron chi connectivity index (χ1n) is 8.27. The molecule has 1 unspecified atom stereocenters. The van der Waals surface area contributed by atoms with Crippen LogP contribution in [0.25, 0.3) is 0 Å². The molecular formula is C18H23N3O3. The number of benzene rings is 1. The van der Waals surface area contributed by atoms with E-state index in [0.29, 0.717) is 12.2 Å². The first kappa shape index (κ1) is 16.5. The molecule has 24 heavy (non-hydrogen) atoms. The molecule has 1 amide bonds. The van der Waals surface area contributed by atoms with Gasteiger partial charge in [-0.05, 0) is 50.6 Å². The standard InChI is InChI=1S/C18H23N3O3/c1-13-10-17(24-20-13)18(22)19-12-16(21-8-3-4-9-21)14-6-5-7-15(11-14)23-2/h5-7,10-11,16H,3-4,8-9,12H2,1-2H3,(H,19,22). The minimum Gasteiger partial charge on any atom is -0.497 e. The first-order chi connectivity index (χ1) is 11.7. The lowest BCUT2D eigenvalue weighted by atomic mass is 10.0. The Labute approximate surface area is 141 Å². The van der Waals surface area contributed by atoms with E-state index < -0.39 is 0 Å². The zero-order chi connectivity index (χ0) is 16.9. The quantitative estimate of drug-likeness (QED) is 0.882. The molecule has 1 aromatic heterocycles. The molecule has 1 atom stereocenters. The molecule has 1 aliphatic rings. The molecule has 1 aromatic carbocycles. The molecule has 2 heterocycles. The summed E-state index contributed by atoms with van der Waals surface area (Å²) in [5, 5.41) is 6.73. The van der Waals surface area contributed by atoms with Gasteiger partial charge in [0.05, 0.1) is 18.8 Å². The SMILES string of the molecule is COc1cccc(C(CNC(=O)c2cc(C)no2)N2CCCC2)c1. The van der Waals surface area contributed by atoms with Gasteiger partial charge < -0.3 is 14.6 Å². The van der Waals surface area contributed by atoms with Gasteiger partial charge in [0, 0.05) is 12.6 Å². The maximum Gasteiger partial charge on any atom is 0.289 e. The van der Waals surface area contributed by atoms with Gasteiger partial charge >= 0.3 is 0 Å². The van der Waals surface area contributed by atoms with E-state index in [1.165, 1.54) is 12.8 Å². The molecule has 1 aliphatic heterocycles. The zero-order valence-corrected chi connectivity index (χ0v) is 14.1. The van der Waals surface area contributed by atoms with Gasteiger partial charge in [-0.15, -0.1) is 0 Å². The van der Waals surface area contributed by atoms with E-state index in [9.17, 15) is 4.79 Å². The average Bonchev–Trinajstić information content (AvgIpc) is 3.27. The Morgan fingerprint density at radius 2 is 2.17 bits per heavy atom. The highest BCUT2D eigenvalue weighted by Gasteiger charge is 2.25. The summed E-state index contributed by atoms with van der Waals surface area (Å²) >= 11 is 0. The Kier molecular flexibility index (Phi) is 5.15. The molecule has 0 radical (unpaired) electrons. The van der Waals surface area contributed by atoms with Crippen LogP contribution in [0.15, 0.2) is 34.9 Å². The molecule has 2 aromatic rings. The molecule has 6 heteroatoms. The molecule has 0 aliphatic carbocycles. The number of ether oxygens (including phenoxy) is 1. The van der Waals surface area contributed by atoms with E-state index >= 15 is 0 Å². The fourth-order valence-electron chi connectivity index (χ4n) is 3.11. The molecule has 1 fully saturated rings. The summed E-state index contributed by atoms with van der Waals surface area (Å²) < 4.78 is 10.4. The topological polar surface area (TPSA) is 67.6 Å². The van der Waals surface area contributed by atoms with E-state index in [-0.39, 0.29) is 17.7 Å². The van der Waals surface area contributed by atoms with Crippen LogP contribution in [-0.4, -0.2) is 42.7 Å². The van der Waals surface area contributed by atoms with Crippen LogP contribution < -0.4 is 10.1 Å². The molecule has 1 N–H and O–H groups in total. The highest BCUT2D eigenvalue weighted by Crippen LogP contribution is 2.27. The predicted octanol–water partition coefficient (Wildman–Crippen LogP) is 2.56. The van der Waals surface area contributed by atoms with Crippen molar-refractivity contribution in [1.29, 1.82) is 0 Å². The maximum atomic E-state index is 12.2. The lowest BCUT2D eigenvalue weighted by molar-refractivity contribution is 0.0901. The predicted molar refractivity (Wildman–Crippen MR) is 90.1 cm³/mol. The summed E-state index contributed by atoms with van der Waals surface area (Å²) in [6.07, 6.45) is 2.38. The number of nitrogens with zero attached hydrogens (tertiary/aromatic N) is 2. The second kappa shape index (κ2) is 7.49. The van der Waals surface area contributed by atoms with Crippen LogP contribution in [0.5, 0.6) is 5.75 Å². The third-order valence-electron chi connectivity index (χ3n) is 4.37. The number of nitrogens with one attached hydrogen (secondary N) is 1. The Hall–Kier alpha value is -2.34. The molecule has 128 valence electrons. The minimum atomic E-state index is -0.234. The highest BCUT2D eigenvalue weighted by molar-refractivity contribution is 5.91. The second-order valence-electron chi connectivity index (χ2n) is 6.08. The van der Waals surface area contributed by atoms with E-state index in [1.807, 2.05) is 18.2 Å². The molecule has 0 spiro atoms. The Morgan fingerprint density at radius 3 is 2.83 bits per heavy atom. The van der Waals surface area contributed by atoms with Crippen molar-refractivity contribution in [2.24, 2.45) is 0 Å². The van der Waals surface area contributed by atoms with Crippen molar-refractivity contribution in [2.45, 2.75) is 25.8 Å². The number of aryl methyl sites for hydroxylation is 1. The van der Waals surface area contributed by atoms with Crippen LogP contribution in [0.4, 0.5) is 0 Å². The van der Waals surface area contributed by atoms with Crippen molar-refractivity contribution in [3.05, 3.63) is 47.3 Å². The lowest BCUT2D eigenvalue weighted by Crippen LogP contribution is -2.36. The molecule has 6 nitrogen and oxygen atoms in total. The second-order valence-corrected chi connectivity index (χ2v) is 6.08. The van der Waals surface area contributed by atoms with Gasteiger partial charge in [-0.1, -0.05) is 17.3 Å². The van der Waals surface area contributed by atoms with Gasteiger partial charge in [-0.3, -0.25) is 9.69 Å². The van der Waals surface area contributed by atoms with Gasteiger partial charge in [-0.2, -0.15) is 0 Å². The van der Waals surface area contributed by atoms with E-state index in [0.717, 1.165) is 24.4 Å². The molecule has 1 saturated heterocycles. The summed E-state index contributed by atoms with van der Waals surface area (Å²) in [5.41, 5.74) is 1.84. The zero-order valence-electron chi connectivity index (χ0n) is 14.1. The van der Waals surface area contributed by atoms with Crippen molar-refractivity contribution in [2.75, 3.05) is 26.7 Å². The number of carbonyl (C=O) groups is 1. The smallest absolute Gasteiger partial charge is 0.289 e. The van der Waals surface area contributed by atoms with Gasteiger partial charge in [0.25, 0.3) is 5.91 Å². The normalized spacial score (nSPS) is 16.1. The summed E-state index contributed by atoms with van der Waals surface area (Å²) in [7, 11) is 1.66. The fraction of sp³-hybridized carbons (Fsp3) is 0.444. The van der Waals surface area contributed by atoms with E-state index in [2.05, 4.69) is 21.4 Å². The largest absolute Gasteiger partial charge is 0.497 e. The fourth-order valence-corrected chi connectivity index (χ4v) is 3.11. The minimum absolute atomic E-state index is 0.121. The monoisotopic (exact) mass is 329 g/mol. The number of likely N-dealkylation sites (tertiary alicyclic amines) is 1. The molecular weight excluding hydrogens is 306 g/mol. The molecule has 0 saturated carbocycles. The first-order valence-corrected chi connectivity index (χ1v) is 8.27. The van der Waals surface area contributed by atoms with Gasteiger partial charge in [0.1, 0.15) is 5.75 Å². The average molecular weight is 329 g/mol. The van der Waals surface area contributed by atoms with E-state index in [4.69, 9.17) is 9.26 Å². The molecule has 0 bridgehead atoms. The third-order valence-corrected chi connectivity index (χ3v) is 4.37. The summed E-state index contributed by atoms with van der Waals surface area (Å²) in [6, 6.07) is 9.80. The number of hydrogen-bond donors (Lipinski definition) is 1. The van der Waals surface area contributed by atoms with Crippen molar-refractivity contribution < 1.29 is 14.1 Å². The number of rotatable bonds is 6. The number of aromatic nitrogens is 1. The van der Waals surface area contributed by atoms with Gasteiger partial charge in [0.2, 0.25) is 5.76 Å². The van der Waals surface area contributed by atoms with E-state index in [1.54, 1.807) is 20.1 Å². The number of carbonyl (C=O) groups excluding carboxylic acids is 1. The summed E-state index contributed by atoms with van der Waals surface area (Å²) in [5.74, 6) is 0.842. The van der Waals surface area contributed by atoms with Crippen molar-refractivity contribution >= 4 is 5.91 Å². The number of methoxy groups -OCH3 is 1. The summed E-state index contributed by atoms with van der Waals surface area (Å²) in [6.45, 7) is 4.40. The lowest BCUT2D eigenvalue weighted by Gasteiger charge is -2.28. The Bertz CT molecular complexity index is 692. The van der Waals surface area contributed by atoms with Crippen LogP contribution in [0, 0.1) is 6.92 Å². The van der Waals surface area contributed by atoms with Crippen LogP contribution in [-0.2, 0) is 0 Å². The number of hydrogen-bond acceptors (Lipinski definition) is 5. The van der Waals surface area contributed by atoms with Crippen LogP contribution in [0.1, 0.15) is 40.7 Å². The molecule has 3 rings (SSSR count). The number of amides is 1. The van der Waals surface area contributed by atoms with Crippen LogP contribution in [0.3, 0.4) is 0 Å². The van der Waals surface area contributed by atoms with Crippen LogP contribution >= 0.6 is 0 Å². The Balaban J connectivity index is 1.73. The van der Waals surface area contributed by atoms with Gasteiger partial charge in [0.15, 0.2) is 0 Å². The summed E-state index contributed by atoms with van der Waals surface area (Å²) in [4.78, 5) is 14.6. The Morgan fingerprint density at radius 1 is 1.38 bits per heavy atom. The van der Waals surface area contributed by atoms with Crippen molar-refractivity contribution in [3.63, 3.8) is 0 Å². The van der Waals surface area contributed by atoms with Crippen molar-refractivity contribution in [3.8, 4) is 5.75 Å². The third kappa shape index (κ3) is 3.76. The van der Waals surface area contributed by atoms with Gasteiger partial charge in [-0.25, -0.2) is 0 Å². The highest BCUT2D eigenvalue weighted by atomic mass is 16.5.